The number of nitrogens with one attached hydrogen (secondary N) is 1. The van der Waals surface area contributed by atoms with E-state index in [1.807, 2.05) is 12.1 Å². The van der Waals surface area contributed by atoms with Crippen LogP contribution in [0.1, 0.15) is 24.8 Å². The van der Waals surface area contributed by atoms with Gasteiger partial charge in [0.1, 0.15) is 0 Å². The summed E-state index contributed by atoms with van der Waals surface area (Å²) in [5.74, 6) is 1.50. The highest BCUT2D eigenvalue weighted by Crippen LogP contribution is 2.36. The highest BCUT2D eigenvalue weighted by Gasteiger charge is 2.35. The Bertz CT molecular complexity index is 455. The Morgan fingerprint density at radius 2 is 1.90 bits per heavy atom. The van der Waals surface area contributed by atoms with E-state index in [4.69, 9.17) is 9.47 Å². The maximum atomic E-state index is 9.51. The minimum absolute atomic E-state index is 0.0805. The van der Waals surface area contributed by atoms with Crippen molar-refractivity contribution >= 4 is 11.8 Å². The molecule has 0 aromatic heterocycles. The Kier molecular flexibility index (Phi) is 5.18. The van der Waals surface area contributed by atoms with Gasteiger partial charge in [-0.3, -0.25) is 0 Å². The summed E-state index contributed by atoms with van der Waals surface area (Å²) in [6.45, 7) is 0.936. The average Bonchev–Trinajstić information content (AvgIpc) is 2.45. The van der Waals surface area contributed by atoms with E-state index in [0.717, 1.165) is 30.9 Å². The molecule has 5 heteroatoms. The van der Waals surface area contributed by atoms with Crippen molar-refractivity contribution in [2.24, 2.45) is 0 Å². The number of thioether (sulfide) groups is 1. The molecular formula is C15H23NO3S. The number of ether oxygens (including phenoxy) is 2. The van der Waals surface area contributed by atoms with Gasteiger partial charge in [-0.2, -0.15) is 0 Å². The second-order valence-electron chi connectivity index (χ2n) is 5.16. The van der Waals surface area contributed by atoms with E-state index in [9.17, 15) is 5.11 Å². The zero-order valence-electron chi connectivity index (χ0n) is 12.4. The number of aliphatic hydroxyl groups is 1. The third-order valence-electron chi connectivity index (χ3n) is 4.05. The molecule has 4 nitrogen and oxygen atoms in total. The van der Waals surface area contributed by atoms with Gasteiger partial charge in [-0.25, -0.2) is 0 Å². The number of rotatable bonds is 7. The summed E-state index contributed by atoms with van der Waals surface area (Å²) in [5.41, 5.74) is 1.10. The highest BCUT2D eigenvalue weighted by atomic mass is 32.2. The van der Waals surface area contributed by atoms with Crippen LogP contribution in [0.4, 0.5) is 0 Å². The smallest absolute Gasteiger partial charge is 0.161 e. The lowest BCUT2D eigenvalue weighted by Crippen LogP contribution is -2.53. The minimum atomic E-state index is -0.0805. The van der Waals surface area contributed by atoms with Gasteiger partial charge < -0.3 is 19.9 Å². The van der Waals surface area contributed by atoms with Crippen LogP contribution in [0.25, 0.3) is 0 Å². The van der Waals surface area contributed by atoms with Crippen LogP contribution in [0.2, 0.25) is 0 Å². The fourth-order valence-electron chi connectivity index (χ4n) is 2.51. The zero-order chi connectivity index (χ0) is 14.6. The van der Waals surface area contributed by atoms with Gasteiger partial charge in [0, 0.05) is 17.0 Å². The molecule has 0 bridgehead atoms. The molecule has 0 heterocycles. The first-order valence-corrected chi connectivity index (χ1v) is 8.05. The number of aliphatic hydroxyl groups excluding tert-OH is 1. The fourth-order valence-corrected chi connectivity index (χ4v) is 3.13. The van der Waals surface area contributed by atoms with Crippen molar-refractivity contribution in [1.82, 2.24) is 5.32 Å². The Labute approximate surface area is 124 Å². The molecule has 0 spiro atoms. The van der Waals surface area contributed by atoms with Crippen LogP contribution in [0.15, 0.2) is 17.0 Å². The molecule has 0 amide bonds. The maximum absolute atomic E-state index is 9.51. The predicted octanol–water partition coefficient (Wildman–Crippen LogP) is 2.43. The third-order valence-corrected chi connectivity index (χ3v) is 4.87. The molecule has 20 heavy (non-hydrogen) atoms. The fraction of sp³-hybridized carbons (Fsp3) is 0.600. The molecule has 0 aliphatic heterocycles. The summed E-state index contributed by atoms with van der Waals surface area (Å²) in [7, 11) is 3.30. The van der Waals surface area contributed by atoms with Crippen LogP contribution >= 0.6 is 11.8 Å². The Morgan fingerprint density at radius 3 is 2.35 bits per heavy atom. The SMILES string of the molecule is COc1cc(CNC2(CO)CCC2)c(SC)cc1OC. The molecule has 0 atom stereocenters. The molecule has 1 aliphatic carbocycles. The van der Waals surface area contributed by atoms with E-state index in [2.05, 4.69) is 11.6 Å². The topological polar surface area (TPSA) is 50.7 Å². The summed E-state index contributed by atoms with van der Waals surface area (Å²) in [6.07, 6.45) is 5.33. The lowest BCUT2D eigenvalue weighted by atomic mass is 9.77. The lowest BCUT2D eigenvalue weighted by molar-refractivity contribution is 0.0870. The van der Waals surface area contributed by atoms with E-state index in [1.165, 1.54) is 16.9 Å². The van der Waals surface area contributed by atoms with Crippen LogP contribution in [0.5, 0.6) is 11.5 Å². The van der Waals surface area contributed by atoms with Gasteiger partial charge in [0.25, 0.3) is 0 Å². The first-order valence-electron chi connectivity index (χ1n) is 6.83. The van der Waals surface area contributed by atoms with Gasteiger partial charge in [-0.15, -0.1) is 11.8 Å². The number of hydrogen-bond donors (Lipinski definition) is 2. The summed E-state index contributed by atoms with van der Waals surface area (Å²) >= 11 is 1.69. The van der Waals surface area contributed by atoms with Crippen molar-refractivity contribution in [1.29, 1.82) is 0 Å². The van der Waals surface area contributed by atoms with Crippen molar-refractivity contribution in [2.75, 3.05) is 27.1 Å². The predicted molar refractivity (Wildman–Crippen MR) is 81.8 cm³/mol. The quantitative estimate of drug-likeness (QED) is 0.757. The zero-order valence-corrected chi connectivity index (χ0v) is 13.2. The molecule has 1 saturated carbocycles. The molecule has 1 aliphatic rings. The molecular weight excluding hydrogens is 274 g/mol. The van der Waals surface area contributed by atoms with Crippen LogP contribution in [-0.2, 0) is 6.54 Å². The van der Waals surface area contributed by atoms with Crippen molar-refractivity contribution < 1.29 is 14.6 Å². The summed E-state index contributed by atoms with van der Waals surface area (Å²) in [5, 5.41) is 13.0. The monoisotopic (exact) mass is 297 g/mol. The number of benzene rings is 1. The lowest BCUT2D eigenvalue weighted by Gasteiger charge is -2.41. The van der Waals surface area contributed by atoms with Crippen LogP contribution in [-0.4, -0.2) is 37.7 Å². The van der Waals surface area contributed by atoms with E-state index >= 15 is 0 Å². The highest BCUT2D eigenvalue weighted by molar-refractivity contribution is 7.98. The van der Waals surface area contributed by atoms with E-state index < -0.39 is 0 Å². The van der Waals surface area contributed by atoms with Gasteiger partial charge in [0.05, 0.1) is 20.8 Å². The Balaban J connectivity index is 2.17. The molecule has 0 unspecified atom stereocenters. The largest absolute Gasteiger partial charge is 0.493 e. The average molecular weight is 297 g/mol. The third kappa shape index (κ3) is 3.05. The summed E-state index contributed by atoms with van der Waals surface area (Å²) < 4.78 is 10.7. The normalized spacial score (nSPS) is 16.6. The van der Waals surface area contributed by atoms with E-state index in [1.54, 1.807) is 26.0 Å². The molecule has 2 rings (SSSR count). The van der Waals surface area contributed by atoms with Gasteiger partial charge in [0.15, 0.2) is 11.5 Å². The van der Waals surface area contributed by atoms with Crippen molar-refractivity contribution in [3.8, 4) is 11.5 Å². The minimum Gasteiger partial charge on any atom is -0.493 e. The van der Waals surface area contributed by atoms with Gasteiger partial charge in [0.2, 0.25) is 0 Å². The van der Waals surface area contributed by atoms with Crippen molar-refractivity contribution in [2.45, 2.75) is 36.2 Å². The van der Waals surface area contributed by atoms with Crippen molar-refractivity contribution in [3.63, 3.8) is 0 Å². The first kappa shape index (κ1) is 15.5. The maximum Gasteiger partial charge on any atom is 0.161 e. The molecule has 2 N–H and O–H groups in total. The Morgan fingerprint density at radius 1 is 1.25 bits per heavy atom. The van der Waals surface area contributed by atoms with Gasteiger partial charge in [-0.1, -0.05) is 0 Å². The van der Waals surface area contributed by atoms with Crippen LogP contribution in [0.3, 0.4) is 0 Å². The van der Waals surface area contributed by atoms with Crippen molar-refractivity contribution in [3.05, 3.63) is 17.7 Å². The second-order valence-corrected chi connectivity index (χ2v) is 6.01. The number of hydrogen-bond acceptors (Lipinski definition) is 5. The molecule has 0 saturated heterocycles. The molecule has 1 fully saturated rings. The molecule has 112 valence electrons. The molecule has 1 aromatic carbocycles. The summed E-state index contributed by atoms with van der Waals surface area (Å²) in [6, 6.07) is 4.02. The van der Waals surface area contributed by atoms with Gasteiger partial charge >= 0.3 is 0 Å². The number of methoxy groups -OCH3 is 2. The van der Waals surface area contributed by atoms with Crippen LogP contribution in [0, 0.1) is 0 Å². The van der Waals surface area contributed by atoms with Crippen LogP contribution < -0.4 is 14.8 Å². The first-order chi connectivity index (χ1) is 9.68. The second kappa shape index (κ2) is 6.70. The Hall–Kier alpha value is -0.910. The van der Waals surface area contributed by atoms with Gasteiger partial charge in [-0.05, 0) is 43.2 Å². The van der Waals surface area contributed by atoms with E-state index in [-0.39, 0.29) is 12.1 Å². The molecule has 1 aromatic rings. The van der Waals surface area contributed by atoms with E-state index in [0.29, 0.717) is 0 Å². The molecule has 0 radical (unpaired) electrons. The standard InChI is InChI=1S/C15H23NO3S/c1-18-12-7-11(14(20-3)8-13(12)19-2)9-16-15(10-17)5-4-6-15/h7-8,16-17H,4-6,9-10H2,1-3H3. The summed E-state index contributed by atoms with van der Waals surface area (Å²) in [4.78, 5) is 1.17.